The number of rotatable bonds is 6. The summed E-state index contributed by atoms with van der Waals surface area (Å²) in [7, 11) is 1.97. The number of aliphatic hydroxyl groups excluding tert-OH is 2. The van der Waals surface area contributed by atoms with Crippen LogP contribution in [0.25, 0.3) is 0 Å². The van der Waals surface area contributed by atoms with E-state index >= 15 is 0 Å². The fourth-order valence-electron chi connectivity index (χ4n) is 6.46. The molecule has 1 fully saturated rings. The largest absolute Gasteiger partial charge is 0.481 e. The zero-order valence-electron chi connectivity index (χ0n) is 22.6. The highest BCUT2D eigenvalue weighted by Gasteiger charge is 2.69. The molecule has 9 heteroatoms. The summed E-state index contributed by atoms with van der Waals surface area (Å²) in [6.07, 6.45) is -1.28. The zero-order chi connectivity index (χ0) is 28.1. The van der Waals surface area contributed by atoms with Gasteiger partial charge in [0.25, 0.3) is 0 Å². The van der Waals surface area contributed by atoms with Crippen LogP contribution >= 0.6 is 0 Å². The second kappa shape index (κ2) is 10.1. The van der Waals surface area contributed by atoms with E-state index in [1.807, 2.05) is 27.0 Å². The number of aryl methyl sites for hydroxylation is 1. The number of hydrogen-bond donors (Lipinski definition) is 3. The Hall–Kier alpha value is -3.24. The Labute approximate surface area is 227 Å². The molecule has 2 aliphatic heterocycles. The van der Waals surface area contributed by atoms with Crippen LogP contribution in [0.2, 0.25) is 0 Å². The van der Waals surface area contributed by atoms with Gasteiger partial charge in [-0.05, 0) is 52.4 Å². The first-order chi connectivity index (χ1) is 18.5. The summed E-state index contributed by atoms with van der Waals surface area (Å²) in [5, 5.41) is 32.2. The van der Waals surface area contributed by atoms with Crippen molar-refractivity contribution in [2.75, 3.05) is 13.6 Å². The number of likely N-dealkylation sites (N-methyl/N-ethyl adjacent to an activating group) is 1. The van der Waals surface area contributed by atoms with E-state index in [1.54, 1.807) is 42.5 Å². The molecule has 2 heterocycles. The van der Waals surface area contributed by atoms with Crippen molar-refractivity contribution in [2.45, 2.75) is 75.6 Å². The zero-order valence-corrected chi connectivity index (χ0v) is 22.6. The van der Waals surface area contributed by atoms with Gasteiger partial charge >= 0.3 is 11.9 Å². The molecule has 2 aromatic carbocycles. The summed E-state index contributed by atoms with van der Waals surface area (Å²) in [5.41, 5.74) is 0.534. The molecular weight excluding hydrogens is 502 g/mol. The average Bonchev–Trinajstić information content (AvgIpc) is 3.29. The summed E-state index contributed by atoms with van der Waals surface area (Å²) >= 11 is 0. The molecular formula is C30H35NO8. The quantitative estimate of drug-likeness (QED) is 0.477. The van der Waals surface area contributed by atoms with Gasteiger partial charge in [-0.15, -0.1) is 0 Å². The molecule has 6 atom stereocenters. The topological polar surface area (TPSA) is 126 Å². The number of nitrogens with zero attached hydrogens (tertiary/aromatic N) is 1. The minimum Gasteiger partial charge on any atom is -0.481 e. The van der Waals surface area contributed by atoms with E-state index in [2.05, 4.69) is 4.90 Å². The molecule has 1 spiro atoms. The molecule has 0 saturated carbocycles. The number of hydrogen-bond acceptors (Lipinski definition) is 9. The normalized spacial score (nSPS) is 29.2. The van der Waals surface area contributed by atoms with Crippen molar-refractivity contribution >= 4 is 11.9 Å². The van der Waals surface area contributed by atoms with Crippen molar-refractivity contribution in [3.63, 3.8) is 0 Å². The Morgan fingerprint density at radius 3 is 2.56 bits per heavy atom. The number of carbonyl (C=O) groups excluding carboxylic acids is 2. The molecule has 2 aromatic rings. The van der Waals surface area contributed by atoms with Gasteiger partial charge < -0.3 is 34.4 Å². The fraction of sp³-hybridized carbons (Fsp3) is 0.467. The summed E-state index contributed by atoms with van der Waals surface area (Å²) < 4.78 is 17.8. The van der Waals surface area contributed by atoms with Crippen LogP contribution < -0.4 is 4.74 Å². The van der Waals surface area contributed by atoms with E-state index < -0.39 is 41.3 Å². The van der Waals surface area contributed by atoms with Gasteiger partial charge in [-0.2, -0.15) is 0 Å². The maximum Gasteiger partial charge on any atom is 0.357 e. The second-order valence-corrected chi connectivity index (χ2v) is 10.8. The van der Waals surface area contributed by atoms with Gasteiger partial charge in [0.05, 0.1) is 17.6 Å². The first kappa shape index (κ1) is 27.3. The molecule has 0 unspecified atom stereocenters. The molecule has 3 aliphatic rings. The van der Waals surface area contributed by atoms with Crippen LogP contribution in [0.1, 0.15) is 55.0 Å². The SMILES string of the molecule is Cc1ccc(CO)c2c1[C@]13CCN(C)[C@H](C)[C@]1(O)CC=C(OC(=O)[C@@H](OC(=O)[C@H](C)O)c1ccccc1)[C@@H]3O2. The molecule has 9 nitrogen and oxygen atoms in total. The minimum atomic E-state index is -1.43. The predicted octanol–water partition coefficient (Wildman–Crippen LogP) is 2.44. The van der Waals surface area contributed by atoms with Gasteiger partial charge in [0, 0.05) is 29.2 Å². The van der Waals surface area contributed by atoms with Crippen LogP contribution in [-0.2, 0) is 31.1 Å². The van der Waals surface area contributed by atoms with Crippen LogP contribution in [0.4, 0.5) is 0 Å². The van der Waals surface area contributed by atoms with Gasteiger partial charge in [0.2, 0.25) is 6.10 Å². The maximum atomic E-state index is 13.6. The van der Waals surface area contributed by atoms with Gasteiger partial charge in [0.15, 0.2) is 6.10 Å². The lowest BCUT2D eigenvalue weighted by molar-refractivity contribution is -0.176. The van der Waals surface area contributed by atoms with Gasteiger partial charge in [-0.1, -0.05) is 42.5 Å². The number of piperidine rings is 1. The van der Waals surface area contributed by atoms with E-state index in [1.165, 1.54) is 6.92 Å². The van der Waals surface area contributed by atoms with Crippen molar-refractivity contribution in [3.8, 4) is 5.75 Å². The smallest absolute Gasteiger partial charge is 0.357 e. The third-order valence-corrected chi connectivity index (χ3v) is 8.71. The molecule has 0 bridgehead atoms. The molecule has 0 radical (unpaired) electrons. The fourth-order valence-corrected chi connectivity index (χ4v) is 6.46. The highest BCUT2D eigenvalue weighted by molar-refractivity contribution is 5.83. The number of esters is 2. The predicted molar refractivity (Wildman–Crippen MR) is 141 cm³/mol. The Morgan fingerprint density at radius 1 is 1.18 bits per heavy atom. The van der Waals surface area contributed by atoms with Crippen LogP contribution in [0, 0.1) is 6.92 Å². The van der Waals surface area contributed by atoms with Crippen LogP contribution in [0.5, 0.6) is 5.75 Å². The third-order valence-electron chi connectivity index (χ3n) is 8.71. The van der Waals surface area contributed by atoms with Gasteiger partial charge in [-0.3, -0.25) is 0 Å². The van der Waals surface area contributed by atoms with Gasteiger partial charge in [-0.25, -0.2) is 9.59 Å². The standard InChI is InChI=1S/C30H35NO8/c1-17-10-11-21(16-32)24-23(17)29-14-15-31(4)19(3)30(29,36)13-12-22(26(29)38-24)37-28(35)25(39-27(34)18(2)33)20-8-6-5-7-9-20/h5-12,18-19,25-26,32-33,36H,13-16H2,1-4H3/t18-,19+,25-,26-,29-,30+/m0/s1. The number of benzene rings is 2. The summed E-state index contributed by atoms with van der Waals surface area (Å²) in [4.78, 5) is 28.0. The molecule has 0 aromatic heterocycles. The number of likely N-dealkylation sites (tertiary alicyclic amines) is 1. The molecule has 1 saturated heterocycles. The number of carbonyl (C=O) groups is 2. The van der Waals surface area contributed by atoms with Gasteiger partial charge in [0.1, 0.15) is 17.6 Å². The molecule has 1 aliphatic carbocycles. The highest BCUT2D eigenvalue weighted by atomic mass is 16.6. The Morgan fingerprint density at radius 2 is 1.90 bits per heavy atom. The third kappa shape index (κ3) is 4.15. The van der Waals surface area contributed by atoms with Crippen LogP contribution in [0.3, 0.4) is 0 Å². The van der Waals surface area contributed by atoms with Crippen molar-refractivity contribution in [2.24, 2.45) is 0 Å². The lowest BCUT2D eigenvalue weighted by Crippen LogP contribution is -2.71. The van der Waals surface area contributed by atoms with E-state index in [0.717, 1.165) is 11.1 Å². The first-order valence-corrected chi connectivity index (χ1v) is 13.2. The minimum absolute atomic E-state index is 0.201. The summed E-state index contributed by atoms with van der Waals surface area (Å²) in [6.45, 7) is 5.62. The number of aliphatic hydroxyl groups is 3. The van der Waals surface area contributed by atoms with E-state index in [4.69, 9.17) is 14.2 Å². The van der Waals surface area contributed by atoms with E-state index in [-0.39, 0.29) is 24.8 Å². The lowest BCUT2D eigenvalue weighted by Gasteiger charge is -2.58. The van der Waals surface area contributed by atoms with Crippen molar-refractivity contribution in [1.29, 1.82) is 0 Å². The monoisotopic (exact) mass is 537 g/mol. The maximum absolute atomic E-state index is 13.6. The molecule has 0 amide bonds. The van der Waals surface area contributed by atoms with Crippen LogP contribution in [-0.4, -0.2) is 69.6 Å². The second-order valence-electron chi connectivity index (χ2n) is 10.8. The molecule has 39 heavy (non-hydrogen) atoms. The van der Waals surface area contributed by atoms with E-state index in [9.17, 15) is 24.9 Å². The Balaban J connectivity index is 1.57. The molecule has 5 rings (SSSR count). The highest BCUT2D eigenvalue weighted by Crippen LogP contribution is 2.61. The average molecular weight is 538 g/mol. The number of ether oxygens (including phenoxy) is 3. The Bertz CT molecular complexity index is 1310. The molecule has 208 valence electrons. The van der Waals surface area contributed by atoms with Crippen molar-refractivity contribution < 1.29 is 39.1 Å². The number of fused-ring (bicyclic) bond motifs is 1. The van der Waals surface area contributed by atoms with E-state index in [0.29, 0.717) is 29.8 Å². The Kier molecular flexibility index (Phi) is 7.05. The first-order valence-electron chi connectivity index (χ1n) is 13.2. The van der Waals surface area contributed by atoms with Crippen molar-refractivity contribution in [1.82, 2.24) is 4.90 Å². The van der Waals surface area contributed by atoms with Crippen molar-refractivity contribution in [3.05, 3.63) is 76.6 Å². The lowest BCUT2D eigenvalue weighted by atomic mass is 9.54. The van der Waals surface area contributed by atoms with Crippen LogP contribution in [0.15, 0.2) is 54.3 Å². The summed E-state index contributed by atoms with van der Waals surface area (Å²) in [5.74, 6) is -1.08. The summed E-state index contributed by atoms with van der Waals surface area (Å²) in [6, 6.07) is 11.9. The molecule has 3 N–H and O–H groups in total.